The Labute approximate surface area is 64.3 Å². The third kappa shape index (κ3) is 1.49. The first-order chi connectivity index (χ1) is 5.11. The van der Waals surface area contributed by atoms with Crippen LogP contribution < -0.4 is 0 Å². The molecule has 1 N–H and O–H groups in total. The van der Waals surface area contributed by atoms with Gasteiger partial charge in [-0.3, -0.25) is 0 Å². The topological polar surface area (TPSA) is 93.3 Å². The van der Waals surface area contributed by atoms with Crippen molar-refractivity contribution in [1.29, 1.82) is 0 Å². The van der Waals surface area contributed by atoms with Crippen LogP contribution in [0.2, 0.25) is 0 Å². The highest BCUT2D eigenvalue weighted by atomic mass is 32.1. The smallest absolute Gasteiger partial charge is 0.424 e. The van der Waals surface area contributed by atoms with E-state index in [9.17, 15) is 14.9 Å². The molecule has 1 rings (SSSR count). The minimum absolute atomic E-state index is 0.290. The maximum atomic E-state index is 10.2. The lowest BCUT2D eigenvalue weighted by molar-refractivity contribution is -0.384. The predicted octanol–water partition coefficient (Wildman–Crippen LogP) is 0.749. The SMILES string of the molecule is O=C(O)c1csc([N+](=O)[O-])n1. The zero-order valence-electron chi connectivity index (χ0n) is 5.05. The molecule has 0 aliphatic carbocycles. The first-order valence-electron chi connectivity index (χ1n) is 2.44. The highest BCUT2D eigenvalue weighted by molar-refractivity contribution is 7.13. The fraction of sp³-hybridized carbons (Fsp3) is 0. The number of nitro groups is 1. The van der Waals surface area contributed by atoms with Crippen LogP contribution in [0.4, 0.5) is 5.13 Å². The largest absolute Gasteiger partial charge is 0.475 e. The van der Waals surface area contributed by atoms with Crippen molar-refractivity contribution in [1.82, 2.24) is 4.98 Å². The third-order valence-electron chi connectivity index (χ3n) is 0.867. The lowest BCUT2D eigenvalue weighted by Crippen LogP contribution is -1.96. The van der Waals surface area contributed by atoms with Crippen LogP contribution in [0, 0.1) is 10.1 Å². The molecule has 1 aromatic heterocycles. The second-order valence-electron chi connectivity index (χ2n) is 1.58. The van der Waals surface area contributed by atoms with Crippen molar-refractivity contribution in [2.24, 2.45) is 0 Å². The Morgan fingerprint density at radius 2 is 2.45 bits per heavy atom. The van der Waals surface area contributed by atoms with E-state index in [1.165, 1.54) is 0 Å². The van der Waals surface area contributed by atoms with Gasteiger partial charge < -0.3 is 15.2 Å². The maximum absolute atomic E-state index is 10.2. The second kappa shape index (κ2) is 2.62. The molecule has 0 fully saturated rings. The number of thiazole rings is 1. The van der Waals surface area contributed by atoms with E-state index in [1.807, 2.05) is 0 Å². The Balaban J connectivity index is 2.99. The molecule has 1 aromatic rings. The van der Waals surface area contributed by atoms with E-state index in [0.717, 1.165) is 5.38 Å². The molecule has 0 unspecified atom stereocenters. The van der Waals surface area contributed by atoms with E-state index in [2.05, 4.69) is 4.98 Å². The normalized spacial score (nSPS) is 9.45. The second-order valence-corrected chi connectivity index (χ2v) is 2.41. The molecule has 0 amide bonds. The van der Waals surface area contributed by atoms with Crippen LogP contribution in [0.1, 0.15) is 10.5 Å². The molecule has 6 nitrogen and oxygen atoms in total. The molecule has 0 saturated heterocycles. The summed E-state index contributed by atoms with van der Waals surface area (Å²) >= 11 is 0.695. The van der Waals surface area contributed by atoms with Crippen LogP contribution in [0.3, 0.4) is 0 Å². The van der Waals surface area contributed by atoms with Gasteiger partial charge in [-0.25, -0.2) is 4.79 Å². The van der Waals surface area contributed by atoms with Crippen molar-refractivity contribution in [3.05, 3.63) is 21.2 Å². The van der Waals surface area contributed by atoms with Crippen LogP contribution in [-0.2, 0) is 0 Å². The van der Waals surface area contributed by atoms with Gasteiger partial charge in [0.2, 0.25) is 0 Å². The summed E-state index contributed by atoms with van der Waals surface area (Å²) < 4.78 is 0. The predicted molar refractivity (Wildman–Crippen MR) is 35.7 cm³/mol. The first kappa shape index (κ1) is 7.61. The van der Waals surface area contributed by atoms with E-state index in [-0.39, 0.29) is 5.69 Å². The van der Waals surface area contributed by atoms with Gasteiger partial charge in [-0.15, -0.1) is 0 Å². The van der Waals surface area contributed by atoms with Gasteiger partial charge in [0.25, 0.3) is 5.69 Å². The molecule has 0 bridgehead atoms. The third-order valence-corrected chi connectivity index (χ3v) is 1.66. The number of carboxylic acid groups (broad SMARTS) is 1. The van der Waals surface area contributed by atoms with Crippen molar-refractivity contribution < 1.29 is 14.8 Å². The molecule has 0 aromatic carbocycles. The molecular formula is C4H2N2O4S. The van der Waals surface area contributed by atoms with E-state index in [4.69, 9.17) is 5.11 Å². The van der Waals surface area contributed by atoms with Crippen molar-refractivity contribution >= 4 is 22.4 Å². The first-order valence-corrected chi connectivity index (χ1v) is 3.32. The average molecular weight is 174 g/mol. The summed E-state index contributed by atoms with van der Waals surface area (Å²) in [6.45, 7) is 0. The number of hydrogen-bond donors (Lipinski definition) is 1. The van der Waals surface area contributed by atoms with Gasteiger partial charge in [-0.1, -0.05) is 0 Å². The van der Waals surface area contributed by atoms with Gasteiger partial charge in [0, 0.05) is 0 Å². The van der Waals surface area contributed by atoms with E-state index in [1.54, 1.807) is 0 Å². The number of aromatic nitrogens is 1. The maximum Gasteiger partial charge on any atom is 0.424 e. The van der Waals surface area contributed by atoms with Gasteiger partial charge in [0.05, 0.1) is 5.38 Å². The van der Waals surface area contributed by atoms with Gasteiger partial charge in [0.15, 0.2) is 0 Å². The van der Waals surface area contributed by atoms with E-state index < -0.39 is 16.0 Å². The summed E-state index contributed by atoms with van der Waals surface area (Å²) in [5.41, 5.74) is -0.290. The standard InChI is InChI=1S/C4H2N2O4S/c7-3(8)2-1-11-4(5-2)6(9)10/h1H,(H,7,8). The summed E-state index contributed by atoms with van der Waals surface area (Å²) in [4.78, 5) is 22.7. The average Bonchev–Trinajstić information content (AvgIpc) is 2.33. The molecule has 0 aliphatic rings. The van der Waals surface area contributed by atoms with Crippen molar-refractivity contribution in [3.8, 4) is 0 Å². The summed E-state index contributed by atoms with van der Waals surface area (Å²) in [7, 11) is 0. The number of aromatic carboxylic acids is 1. The fourth-order valence-electron chi connectivity index (χ4n) is 0.446. The van der Waals surface area contributed by atoms with Crippen molar-refractivity contribution in [3.63, 3.8) is 0 Å². The number of rotatable bonds is 2. The molecule has 0 spiro atoms. The molecule has 1 heterocycles. The Bertz CT molecular complexity index is 278. The molecule has 11 heavy (non-hydrogen) atoms. The lowest BCUT2D eigenvalue weighted by Gasteiger charge is -1.81. The number of hydrogen-bond acceptors (Lipinski definition) is 5. The molecule has 0 saturated carbocycles. The quantitative estimate of drug-likeness (QED) is 0.527. The van der Waals surface area contributed by atoms with Crippen LogP contribution in [0.5, 0.6) is 0 Å². The summed E-state index contributed by atoms with van der Waals surface area (Å²) in [6, 6.07) is 0. The summed E-state index contributed by atoms with van der Waals surface area (Å²) in [5, 5.41) is 19.0. The Morgan fingerprint density at radius 3 is 2.73 bits per heavy atom. The zero-order valence-corrected chi connectivity index (χ0v) is 5.87. The highest BCUT2D eigenvalue weighted by Gasteiger charge is 2.18. The number of carbonyl (C=O) groups is 1. The number of carboxylic acids is 1. The summed E-state index contributed by atoms with van der Waals surface area (Å²) in [6.07, 6.45) is 0. The van der Waals surface area contributed by atoms with Crippen molar-refractivity contribution in [2.75, 3.05) is 0 Å². The van der Waals surface area contributed by atoms with E-state index in [0.29, 0.717) is 11.3 Å². The van der Waals surface area contributed by atoms with E-state index >= 15 is 0 Å². The Kier molecular flexibility index (Phi) is 1.81. The fourth-order valence-corrected chi connectivity index (χ4v) is 1.05. The van der Waals surface area contributed by atoms with Crippen LogP contribution >= 0.6 is 11.3 Å². The molecular weight excluding hydrogens is 172 g/mol. The highest BCUT2D eigenvalue weighted by Crippen LogP contribution is 2.16. The van der Waals surface area contributed by atoms with Crippen LogP contribution in [0.25, 0.3) is 0 Å². The molecule has 0 radical (unpaired) electrons. The lowest BCUT2D eigenvalue weighted by atomic mass is 10.5. The van der Waals surface area contributed by atoms with Gasteiger partial charge in [0.1, 0.15) is 0 Å². The molecule has 58 valence electrons. The minimum Gasteiger partial charge on any atom is -0.475 e. The molecule has 7 heteroatoms. The van der Waals surface area contributed by atoms with Crippen molar-refractivity contribution in [2.45, 2.75) is 0 Å². The zero-order chi connectivity index (χ0) is 8.43. The molecule has 0 atom stereocenters. The minimum atomic E-state index is -1.26. The Hall–Kier alpha value is -1.50. The monoisotopic (exact) mass is 174 g/mol. The van der Waals surface area contributed by atoms with Gasteiger partial charge >= 0.3 is 11.1 Å². The number of nitrogens with zero attached hydrogens (tertiary/aromatic N) is 2. The van der Waals surface area contributed by atoms with Gasteiger partial charge in [-0.2, -0.15) is 0 Å². The summed E-state index contributed by atoms with van der Waals surface area (Å²) in [5.74, 6) is -1.26. The van der Waals surface area contributed by atoms with Crippen LogP contribution in [0.15, 0.2) is 5.38 Å². The van der Waals surface area contributed by atoms with Crippen LogP contribution in [-0.4, -0.2) is 21.0 Å². The Morgan fingerprint density at radius 1 is 1.82 bits per heavy atom. The van der Waals surface area contributed by atoms with Gasteiger partial charge in [-0.05, 0) is 21.2 Å². The molecule has 0 aliphatic heterocycles.